The summed E-state index contributed by atoms with van der Waals surface area (Å²) < 4.78 is 22.6. The van der Waals surface area contributed by atoms with E-state index in [2.05, 4.69) is 12.2 Å². The van der Waals surface area contributed by atoms with Crippen molar-refractivity contribution in [2.45, 2.75) is 70.4 Å². The third-order valence-corrected chi connectivity index (χ3v) is 3.58. The zero-order valence-electron chi connectivity index (χ0n) is 12.7. The number of methoxy groups -OCH3 is 1. The molecule has 0 saturated carbocycles. The smallest absolute Gasteiger partial charge is 0.222 e. The molecule has 4 atom stereocenters. The number of unbranched alkanes of at least 4 members (excludes halogenated alkanes) is 1. The third kappa shape index (κ3) is 3.49. The molecule has 1 N–H and O–H groups in total. The first-order valence-electron chi connectivity index (χ1n) is 7.27. The van der Waals surface area contributed by atoms with Crippen molar-refractivity contribution in [3.63, 3.8) is 0 Å². The molecule has 1 unspecified atom stereocenters. The molecule has 0 aromatic carbocycles. The molecular weight excluding hydrogens is 262 g/mol. The molecule has 6 nitrogen and oxygen atoms in total. The Labute approximate surface area is 120 Å². The van der Waals surface area contributed by atoms with Gasteiger partial charge in [-0.05, 0) is 20.3 Å². The lowest BCUT2D eigenvalue weighted by Crippen LogP contribution is -2.35. The van der Waals surface area contributed by atoms with Gasteiger partial charge in [0, 0.05) is 13.7 Å². The van der Waals surface area contributed by atoms with Gasteiger partial charge in [0.1, 0.15) is 12.2 Å². The molecule has 2 aliphatic rings. The predicted octanol–water partition coefficient (Wildman–Crippen LogP) is 1.18. The Hall–Kier alpha value is -0.690. The zero-order valence-corrected chi connectivity index (χ0v) is 12.7. The van der Waals surface area contributed by atoms with Gasteiger partial charge in [-0.3, -0.25) is 4.79 Å². The average molecular weight is 287 g/mol. The van der Waals surface area contributed by atoms with Crippen molar-refractivity contribution in [2.75, 3.05) is 13.7 Å². The number of amides is 1. The Bertz CT molecular complexity index is 346. The molecular formula is C14H25NO5. The summed E-state index contributed by atoms with van der Waals surface area (Å²) in [6, 6.07) is 0. The van der Waals surface area contributed by atoms with E-state index < -0.39 is 12.1 Å². The molecule has 2 aliphatic heterocycles. The molecule has 2 saturated heterocycles. The number of carbonyl (C=O) groups is 1. The third-order valence-electron chi connectivity index (χ3n) is 3.58. The van der Waals surface area contributed by atoms with Crippen molar-refractivity contribution in [3.8, 4) is 0 Å². The summed E-state index contributed by atoms with van der Waals surface area (Å²) in [7, 11) is 1.57. The fourth-order valence-electron chi connectivity index (χ4n) is 2.66. The van der Waals surface area contributed by atoms with Crippen LogP contribution in [0.2, 0.25) is 0 Å². The van der Waals surface area contributed by atoms with Crippen molar-refractivity contribution in [3.05, 3.63) is 0 Å². The first-order chi connectivity index (χ1) is 9.46. The Balaban J connectivity index is 1.90. The molecule has 0 spiro atoms. The van der Waals surface area contributed by atoms with Crippen molar-refractivity contribution in [1.29, 1.82) is 0 Å². The van der Waals surface area contributed by atoms with Crippen LogP contribution in [0.5, 0.6) is 0 Å². The Morgan fingerprint density at radius 2 is 2.00 bits per heavy atom. The molecule has 2 heterocycles. The van der Waals surface area contributed by atoms with E-state index in [0.717, 1.165) is 12.8 Å². The quantitative estimate of drug-likeness (QED) is 0.743. The molecule has 20 heavy (non-hydrogen) atoms. The number of carbonyl (C=O) groups excluding carboxylic acids is 1. The number of hydrogen-bond donors (Lipinski definition) is 1. The van der Waals surface area contributed by atoms with Gasteiger partial charge in [0.2, 0.25) is 5.91 Å². The maximum atomic E-state index is 11.9. The Morgan fingerprint density at radius 1 is 1.30 bits per heavy atom. The summed E-state index contributed by atoms with van der Waals surface area (Å²) >= 11 is 0. The minimum atomic E-state index is -0.660. The Morgan fingerprint density at radius 3 is 2.65 bits per heavy atom. The van der Waals surface area contributed by atoms with Crippen LogP contribution in [-0.4, -0.2) is 50.0 Å². The molecule has 116 valence electrons. The molecule has 1 amide bonds. The fourth-order valence-corrected chi connectivity index (χ4v) is 2.66. The van der Waals surface area contributed by atoms with Gasteiger partial charge >= 0.3 is 0 Å². The van der Waals surface area contributed by atoms with Gasteiger partial charge in [-0.15, -0.1) is 0 Å². The van der Waals surface area contributed by atoms with Crippen molar-refractivity contribution in [2.24, 2.45) is 0 Å². The monoisotopic (exact) mass is 287 g/mol. The van der Waals surface area contributed by atoms with Crippen LogP contribution < -0.4 is 5.32 Å². The van der Waals surface area contributed by atoms with Gasteiger partial charge in [-0.25, -0.2) is 0 Å². The molecule has 0 radical (unpaired) electrons. The van der Waals surface area contributed by atoms with E-state index in [9.17, 15) is 4.79 Å². The minimum Gasteiger partial charge on any atom is -0.356 e. The maximum absolute atomic E-state index is 11.9. The highest BCUT2D eigenvalue weighted by Crippen LogP contribution is 2.39. The highest BCUT2D eigenvalue weighted by Gasteiger charge is 2.55. The standard InChI is InChI=1S/C14H25NO5/c1-5-6-7-15-10(16)8-9-11-12(13(17-4)18-9)20-14(2,3)19-11/h9,11-13H,5-8H2,1-4H3,(H,15,16)/t9-,11-,12-,13?/m1/s1. The Kier molecular flexibility index (Phi) is 5.01. The second kappa shape index (κ2) is 6.39. The lowest BCUT2D eigenvalue weighted by atomic mass is 10.1. The number of hydrogen-bond acceptors (Lipinski definition) is 5. The molecule has 2 rings (SSSR count). The second-order valence-electron chi connectivity index (χ2n) is 5.75. The zero-order chi connectivity index (χ0) is 14.8. The summed E-state index contributed by atoms with van der Waals surface area (Å²) in [5.74, 6) is -0.681. The number of rotatable bonds is 6. The highest BCUT2D eigenvalue weighted by molar-refractivity contribution is 5.76. The largest absolute Gasteiger partial charge is 0.356 e. The van der Waals surface area contributed by atoms with Gasteiger partial charge in [-0.1, -0.05) is 13.3 Å². The van der Waals surface area contributed by atoms with Crippen LogP contribution in [0.15, 0.2) is 0 Å². The number of nitrogens with one attached hydrogen (secondary N) is 1. The summed E-state index contributed by atoms with van der Waals surface area (Å²) in [4.78, 5) is 11.9. The van der Waals surface area contributed by atoms with E-state index >= 15 is 0 Å². The molecule has 0 bridgehead atoms. The van der Waals surface area contributed by atoms with Gasteiger partial charge in [-0.2, -0.15) is 0 Å². The van der Waals surface area contributed by atoms with Crippen molar-refractivity contribution < 1.29 is 23.7 Å². The molecule has 0 aliphatic carbocycles. The molecule has 2 fully saturated rings. The van der Waals surface area contributed by atoms with E-state index in [1.807, 2.05) is 13.8 Å². The van der Waals surface area contributed by atoms with Crippen molar-refractivity contribution in [1.82, 2.24) is 5.32 Å². The minimum absolute atomic E-state index is 0.0211. The molecule has 0 aromatic rings. The fraction of sp³-hybridized carbons (Fsp3) is 0.929. The van der Waals surface area contributed by atoms with E-state index in [-0.39, 0.29) is 30.6 Å². The van der Waals surface area contributed by atoms with Crippen LogP contribution in [0.4, 0.5) is 0 Å². The van der Waals surface area contributed by atoms with E-state index in [1.54, 1.807) is 7.11 Å². The second-order valence-corrected chi connectivity index (χ2v) is 5.75. The predicted molar refractivity (Wildman–Crippen MR) is 72.0 cm³/mol. The molecule has 6 heteroatoms. The highest BCUT2D eigenvalue weighted by atomic mass is 16.8. The SMILES string of the molecule is CCCCNC(=O)C[C@H]1OC(OC)[C@@H]2OC(C)(C)O[C@H]12. The summed E-state index contributed by atoms with van der Waals surface area (Å²) in [5.41, 5.74) is 0. The van der Waals surface area contributed by atoms with Crippen LogP contribution in [0.3, 0.4) is 0 Å². The van der Waals surface area contributed by atoms with Gasteiger partial charge in [0.05, 0.1) is 12.5 Å². The lowest BCUT2D eigenvalue weighted by Gasteiger charge is -2.23. The topological polar surface area (TPSA) is 66.0 Å². The van der Waals surface area contributed by atoms with Crippen LogP contribution in [0.25, 0.3) is 0 Å². The average Bonchev–Trinajstić information content (AvgIpc) is 2.84. The van der Waals surface area contributed by atoms with Gasteiger partial charge in [0.15, 0.2) is 12.1 Å². The number of fused-ring (bicyclic) bond motifs is 1. The first-order valence-corrected chi connectivity index (χ1v) is 7.27. The van der Waals surface area contributed by atoms with E-state index in [4.69, 9.17) is 18.9 Å². The van der Waals surface area contributed by atoms with Gasteiger partial charge in [0.25, 0.3) is 0 Å². The van der Waals surface area contributed by atoms with Crippen LogP contribution in [0, 0.1) is 0 Å². The van der Waals surface area contributed by atoms with E-state index in [1.165, 1.54) is 0 Å². The van der Waals surface area contributed by atoms with Crippen LogP contribution >= 0.6 is 0 Å². The van der Waals surface area contributed by atoms with Crippen LogP contribution in [0.1, 0.15) is 40.0 Å². The van der Waals surface area contributed by atoms with Gasteiger partial charge < -0.3 is 24.3 Å². The summed E-state index contributed by atoms with van der Waals surface area (Å²) in [5, 5.41) is 2.89. The molecule has 0 aromatic heterocycles. The maximum Gasteiger partial charge on any atom is 0.222 e. The summed E-state index contributed by atoms with van der Waals surface area (Å²) in [6.45, 7) is 6.51. The first kappa shape index (κ1) is 15.7. The van der Waals surface area contributed by atoms with Crippen molar-refractivity contribution >= 4 is 5.91 Å². The summed E-state index contributed by atoms with van der Waals surface area (Å²) in [6.07, 6.45) is 0.974. The van der Waals surface area contributed by atoms with E-state index in [0.29, 0.717) is 6.54 Å². The number of ether oxygens (including phenoxy) is 4. The lowest BCUT2D eigenvalue weighted by molar-refractivity contribution is -0.227. The normalized spacial score (nSPS) is 35.0. The van der Waals surface area contributed by atoms with Crippen LogP contribution in [-0.2, 0) is 23.7 Å².